The van der Waals surface area contributed by atoms with Crippen LogP contribution < -0.4 is 5.32 Å². The number of carbonyl (C=O) groups excluding carboxylic acids is 1. The topological polar surface area (TPSA) is 75.1 Å². The van der Waals surface area contributed by atoms with Crippen LogP contribution in [-0.2, 0) is 0 Å². The van der Waals surface area contributed by atoms with Gasteiger partial charge in [0.05, 0.1) is 11.8 Å². The van der Waals surface area contributed by atoms with Crippen LogP contribution in [0.1, 0.15) is 43.1 Å². The number of hydrogen-bond donors (Lipinski definition) is 2. The van der Waals surface area contributed by atoms with Crippen LogP contribution in [0.2, 0.25) is 0 Å². The van der Waals surface area contributed by atoms with E-state index in [0.29, 0.717) is 5.92 Å². The molecule has 1 aromatic heterocycles. The molecule has 98 valence electrons. The molecule has 0 bridgehead atoms. The lowest BCUT2D eigenvalue weighted by Gasteiger charge is -2.35. The van der Waals surface area contributed by atoms with Gasteiger partial charge < -0.3 is 10.4 Å². The Morgan fingerprint density at radius 2 is 2.44 bits per heavy atom. The highest BCUT2D eigenvalue weighted by atomic mass is 16.3. The number of amides is 1. The molecular weight excluding hydrogens is 230 g/mol. The Balaban J connectivity index is 1.89. The third-order valence-corrected chi connectivity index (χ3v) is 3.44. The van der Waals surface area contributed by atoms with Gasteiger partial charge in [0.25, 0.3) is 5.91 Å². The first-order chi connectivity index (χ1) is 8.59. The van der Waals surface area contributed by atoms with E-state index in [2.05, 4.69) is 22.2 Å². The molecule has 0 radical (unpaired) electrons. The molecule has 2 rings (SSSR count). The lowest BCUT2D eigenvalue weighted by Crippen LogP contribution is -2.45. The molecule has 1 amide bonds. The predicted molar refractivity (Wildman–Crippen MR) is 66.9 cm³/mol. The van der Waals surface area contributed by atoms with Gasteiger partial charge in [0.15, 0.2) is 0 Å². The molecule has 5 nitrogen and oxygen atoms in total. The van der Waals surface area contributed by atoms with Crippen molar-refractivity contribution in [3.05, 3.63) is 24.3 Å². The summed E-state index contributed by atoms with van der Waals surface area (Å²) in [5.74, 6) is 0.229. The Kier molecular flexibility index (Phi) is 3.91. The molecule has 1 aromatic rings. The Morgan fingerprint density at radius 3 is 3.11 bits per heavy atom. The molecule has 1 heterocycles. The molecule has 0 saturated heterocycles. The van der Waals surface area contributed by atoms with Crippen molar-refractivity contribution in [3.8, 4) is 0 Å². The van der Waals surface area contributed by atoms with Crippen molar-refractivity contribution in [2.75, 3.05) is 6.54 Å². The largest absolute Gasteiger partial charge is 0.388 e. The summed E-state index contributed by atoms with van der Waals surface area (Å²) in [4.78, 5) is 19.6. The van der Waals surface area contributed by atoms with Gasteiger partial charge in [-0.3, -0.25) is 9.78 Å². The second-order valence-corrected chi connectivity index (χ2v) is 5.20. The Hall–Kier alpha value is -1.49. The van der Waals surface area contributed by atoms with Crippen LogP contribution in [0.4, 0.5) is 0 Å². The van der Waals surface area contributed by atoms with E-state index in [1.54, 1.807) is 0 Å². The van der Waals surface area contributed by atoms with Crippen molar-refractivity contribution in [1.82, 2.24) is 15.3 Å². The number of carbonyl (C=O) groups is 1. The van der Waals surface area contributed by atoms with E-state index in [1.807, 2.05) is 0 Å². The van der Waals surface area contributed by atoms with E-state index in [0.717, 1.165) is 25.7 Å². The van der Waals surface area contributed by atoms with Gasteiger partial charge in [-0.2, -0.15) is 0 Å². The Morgan fingerprint density at radius 1 is 1.61 bits per heavy atom. The number of rotatable bonds is 3. The minimum atomic E-state index is -0.768. The molecule has 1 aliphatic rings. The molecular formula is C13H19N3O2. The van der Waals surface area contributed by atoms with Gasteiger partial charge in [-0.1, -0.05) is 19.8 Å². The van der Waals surface area contributed by atoms with Gasteiger partial charge in [0.1, 0.15) is 5.69 Å². The number of hydrogen-bond acceptors (Lipinski definition) is 4. The molecule has 1 aliphatic carbocycles. The maximum atomic E-state index is 11.8. The highest BCUT2D eigenvalue weighted by molar-refractivity contribution is 5.91. The van der Waals surface area contributed by atoms with Crippen molar-refractivity contribution in [2.45, 2.75) is 38.2 Å². The van der Waals surface area contributed by atoms with Crippen LogP contribution in [0.15, 0.2) is 18.6 Å². The summed E-state index contributed by atoms with van der Waals surface area (Å²) in [5, 5.41) is 13.1. The molecule has 5 heteroatoms. The zero-order valence-corrected chi connectivity index (χ0v) is 10.6. The first-order valence-corrected chi connectivity index (χ1v) is 6.36. The van der Waals surface area contributed by atoms with Crippen LogP contribution in [0.5, 0.6) is 0 Å². The van der Waals surface area contributed by atoms with Crippen LogP contribution in [0, 0.1) is 5.92 Å². The average molecular weight is 249 g/mol. The lowest BCUT2D eigenvalue weighted by atomic mass is 9.79. The van der Waals surface area contributed by atoms with E-state index in [-0.39, 0.29) is 18.1 Å². The summed E-state index contributed by atoms with van der Waals surface area (Å²) in [6, 6.07) is 0. The SMILES string of the molecule is CC1CCCC(O)(CNC(=O)c2cnccn2)C1. The Bertz CT molecular complexity index is 410. The highest BCUT2D eigenvalue weighted by Gasteiger charge is 2.32. The fourth-order valence-electron chi connectivity index (χ4n) is 2.54. The fourth-order valence-corrected chi connectivity index (χ4v) is 2.54. The van der Waals surface area contributed by atoms with Gasteiger partial charge in [-0.05, 0) is 18.8 Å². The molecule has 0 aliphatic heterocycles. The first-order valence-electron chi connectivity index (χ1n) is 6.36. The molecule has 2 atom stereocenters. The molecule has 1 saturated carbocycles. The molecule has 1 fully saturated rings. The van der Waals surface area contributed by atoms with Crippen LogP contribution >= 0.6 is 0 Å². The lowest BCUT2D eigenvalue weighted by molar-refractivity contribution is -0.0109. The zero-order valence-electron chi connectivity index (χ0n) is 10.6. The van der Waals surface area contributed by atoms with Crippen molar-refractivity contribution >= 4 is 5.91 Å². The van der Waals surface area contributed by atoms with E-state index in [4.69, 9.17) is 0 Å². The third-order valence-electron chi connectivity index (χ3n) is 3.44. The molecule has 0 aromatic carbocycles. The minimum Gasteiger partial charge on any atom is -0.388 e. The molecule has 2 N–H and O–H groups in total. The van der Waals surface area contributed by atoms with Gasteiger partial charge >= 0.3 is 0 Å². The first kappa shape index (κ1) is 13.0. The number of nitrogens with zero attached hydrogens (tertiary/aromatic N) is 2. The second-order valence-electron chi connectivity index (χ2n) is 5.20. The average Bonchev–Trinajstić information content (AvgIpc) is 2.37. The summed E-state index contributed by atoms with van der Waals surface area (Å²) in [6.45, 7) is 2.42. The normalized spacial score (nSPS) is 27.8. The van der Waals surface area contributed by atoms with E-state index in [9.17, 15) is 9.90 Å². The van der Waals surface area contributed by atoms with Crippen LogP contribution in [0.3, 0.4) is 0 Å². The standard InChI is InChI=1S/C13H19N3O2/c1-10-3-2-4-13(18,7-10)9-16-12(17)11-8-14-5-6-15-11/h5-6,8,10,18H,2-4,7,9H2,1H3,(H,16,17). The van der Waals surface area contributed by atoms with E-state index >= 15 is 0 Å². The second kappa shape index (κ2) is 5.44. The van der Waals surface area contributed by atoms with E-state index < -0.39 is 5.60 Å². The maximum Gasteiger partial charge on any atom is 0.271 e. The summed E-state index contributed by atoms with van der Waals surface area (Å²) in [6.07, 6.45) is 8.08. The van der Waals surface area contributed by atoms with Crippen molar-refractivity contribution in [2.24, 2.45) is 5.92 Å². The quantitative estimate of drug-likeness (QED) is 0.842. The van der Waals surface area contributed by atoms with Crippen LogP contribution in [0.25, 0.3) is 0 Å². The predicted octanol–water partition coefficient (Wildman–Crippen LogP) is 1.15. The number of nitrogens with one attached hydrogen (secondary N) is 1. The maximum absolute atomic E-state index is 11.8. The molecule has 2 unspecified atom stereocenters. The van der Waals surface area contributed by atoms with Gasteiger partial charge in [-0.25, -0.2) is 4.98 Å². The van der Waals surface area contributed by atoms with Gasteiger partial charge in [0.2, 0.25) is 0 Å². The summed E-state index contributed by atoms with van der Waals surface area (Å²) >= 11 is 0. The Labute approximate surface area is 107 Å². The van der Waals surface area contributed by atoms with Gasteiger partial charge in [0, 0.05) is 18.9 Å². The summed E-state index contributed by atoms with van der Waals surface area (Å²) in [5.41, 5.74) is -0.486. The zero-order chi connectivity index (χ0) is 13.0. The van der Waals surface area contributed by atoms with Crippen molar-refractivity contribution in [3.63, 3.8) is 0 Å². The summed E-state index contributed by atoms with van der Waals surface area (Å²) < 4.78 is 0. The fraction of sp³-hybridized carbons (Fsp3) is 0.615. The molecule has 18 heavy (non-hydrogen) atoms. The van der Waals surface area contributed by atoms with E-state index in [1.165, 1.54) is 18.6 Å². The van der Waals surface area contributed by atoms with Gasteiger partial charge in [-0.15, -0.1) is 0 Å². The smallest absolute Gasteiger partial charge is 0.271 e. The summed E-state index contributed by atoms with van der Waals surface area (Å²) in [7, 11) is 0. The third kappa shape index (κ3) is 3.26. The van der Waals surface area contributed by atoms with Crippen LogP contribution in [-0.4, -0.2) is 33.1 Å². The highest BCUT2D eigenvalue weighted by Crippen LogP contribution is 2.31. The monoisotopic (exact) mass is 249 g/mol. The minimum absolute atomic E-state index is 0.282. The van der Waals surface area contributed by atoms with Crippen molar-refractivity contribution in [1.29, 1.82) is 0 Å². The number of aromatic nitrogens is 2. The molecule has 0 spiro atoms. The van der Waals surface area contributed by atoms with Crippen molar-refractivity contribution < 1.29 is 9.90 Å². The number of aliphatic hydroxyl groups is 1.